The summed E-state index contributed by atoms with van der Waals surface area (Å²) in [4.78, 5) is 16.6. The van der Waals surface area contributed by atoms with Crippen LogP contribution in [-0.2, 0) is 4.79 Å². The van der Waals surface area contributed by atoms with Crippen molar-refractivity contribution in [1.82, 2.24) is 4.98 Å². The van der Waals surface area contributed by atoms with E-state index in [-0.39, 0.29) is 17.1 Å². The Morgan fingerprint density at radius 1 is 1.29 bits per heavy atom. The summed E-state index contributed by atoms with van der Waals surface area (Å²) in [5.74, 6) is -0.302. The summed E-state index contributed by atoms with van der Waals surface area (Å²) in [5.41, 5.74) is 0.666. The third-order valence-electron chi connectivity index (χ3n) is 4.42. The Hall–Kier alpha value is -1.97. The molecule has 0 atom stereocenters. The number of carbonyl (C=O) groups excluding carboxylic acids is 1. The molecule has 0 bridgehead atoms. The van der Waals surface area contributed by atoms with Gasteiger partial charge in [-0.1, -0.05) is 38.3 Å². The Morgan fingerprint density at radius 3 is 2.81 bits per heavy atom. The van der Waals surface area contributed by atoms with Gasteiger partial charge in [-0.25, -0.2) is 4.39 Å². The van der Waals surface area contributed by atoms with Crippen molar-refractivity contribution in [2.45, 2.75) is 39.0 Å². The molecule has 4 heteroatoms. The molecule has 1 heterocycles. The van der Waals surface area contributed by atoms with Crippen LogP contribution in [0.15, 0.2) is 30.5 Å². The van der Waals surface area contributed by atoms with E-state index < -0.39 is 0 Å². The fourth-order valence-corrected chi connectivity index (χ4v) is 3.03. The van der Waals surface area contributed by atoms with E-state index in [9.17, 15) is 9.18 Å². The molecule has 0 radical (unpaired) electrons. The average Bonchev–Trinajstić information content (AvgIpc) is 2.48. The van der Waals surface area contributed by atoms with Crippen LogP contribution >= 0.6 is 0 Å². The van der Waals surface area contributed by atoms with E-state index in [1.54, 1.807) is 18.2 Å². The molecule has 1 amide bonds. The number of carbonyl (C=O) groups is 1. The molecule has 2 aromatic rings. The molecular formula is C17H19FN2O. The summed E-state index contributed by atoms with van der Waals surface area (Å²) >= 11 is 0. The number of benzene rings is 1. The van der Waals surface area contributed by atoms with Crippen molar-refractivity contribution >= 4 is 22.5 Å². The van der Waals surface area contributed by atoms with Gasteiger partial charge in [0.2, 0.25) is 5.91 Å². The summed E-state index contributed by atoms with van der Waals surface area (Å²) in [6.07, 6.45) is 6.79. The maximum absolute atomic E-state index is 13.6. The maximum Gasteiger partial charge on any atom is 0.230 e. The summed E-state index contributed by atoms with van der Waals surface area (Å²) in [6, 6.07) is 6.60. The lowest BCUT2D eigenvalue weighted by Gasteiger charge is -2.31. The second-order valence-electron chi connectivity index (χ2n) is 6.11. The minimum atomic E-state index is -0.343. The van der Waals surface area contributed by atoms with Crippen LogP contribution in [0.4, 0.5) is 10.1 Å². The van der Waals surface area contributed by atoms with E-state index in [1.807, 2.05) is 6.92 Å². The first-order chi connectivity index (χ1) is 10.1. The fraction of sp³-hybridized carbons (Fsp3) is 0.412. The zero-order valence-corrected chi connectivity index (χ0v) is 12.2. The van der Waals surface area contributed by atoms with Crippen molar-refractivity contribution in [3.05, 3.63) is 36.3 Å². The summed E-state index contributed by atoms with van der Waals surface area (Å²) in [7, 11) is 0. The van der Waals surface area contributed by atoms with Crippen LogP contribution in [0.25, 0.3) is 10.9 Å². The van der Waals surface area contributed by atoms with Gasteiger partial charge in [0, 0.05) is 10.8 Å². The molecule has 1 saturated carbocycles. The molecule has 1 N–H and O–H groups in total. The number of halogens is 1. The molecule has 0 saturated heterocycles. The predicted octanol–water partition coefficient (Wildman–Crippen LogP) is 4.28. The number of hydrogen-bond acceptors (Lipinski definition) is 2. The van der Waals surface area contributed by atoms with Crippen LogP contribution in [-0.4, -0.2) is 10.9 Å². The van der Waals surface area contributed by atoms with Crippen LogP contribution < -0.4 is 5.32 Å². The Bertz CT molecular complexity index is 678. The number of fused-ring (bicyclic) bond motifs is 1. The van der Waals surface area contributed by atoms with Crippen molar-refractivity contribution in [1.29, 1.82) is 0 Å². The lowest BCUT2D eigenvalue weighted by Crippen LogP contribution is -2.35. The topological polar surface area (TPSA) is 42.0 Å². The minimum absolute atomic E-state index is 0.0414. The van der Waals surface area contributed by atoms with Gasteiger partial charge >= 0.3 is 0 Å². The van der Waals surface area contributed by atoms with Crippen molar-refractivity contribution < 1.29 is 9.18 Å². The van der Waals surface area contributed by atoms with Gasteiger partial charge in [0.1, 0.15) is 11.3 Å². The standard InChI is InChI=1S/C17H19FN2O/c1-17(8-3-2-4-9-17)16(21)20-13-10-12-6-5-7-14(18)15(12)19-11-13/h5-7,10-11H,2-4,8-9H2,1H3,(H,20,21). The second kappa shape index (κ2) is 5.43. The monoisotopic (exact) mass is 286 g/mol. The summed E-state index contributed by atoms with van der Waals surface area (Å²) < 4.78 is 13.6. The van der Waals surface area contributed by atoms with E-state index in [0.29, 0.717) is 16.6 Å². The number of nitrogens with one attached hydrogen (secondary N) is 1. The third kappa shape index (κ3) is 2.75. The second-order valence-corrected chi connectivity index (χ2v) is 6.11. The maximum atomic E-state index is 13.6. The highest BCUT2D eigenvalue weighted by Gasteiger charge is 2.34. The molecule has 0 spiro atoms. The van der Waals surface area contributed by atoms with Gasteiger partial charge < -0.3 is 5.32 Å². The minimum Gasteiger partial charge on any atom is -0.324 e. The van der Waals surface area contributed by atoms with Crippen molar-refractivity contribution in [2.24, 2.45) is 5.41 Å². The Kier molecular flexibility index (Phi) is 3.62. The number of amides is 1. The van der Waals surface area contributed by atoms with Crippen molar-refractivity contribution in [3.8, 4) is 0 Å². The number of aromatic nitrogens is 1. The van der Waals surface area contributed by atoms with Gasteiger partial charge in [0.15, 0.2) is 0 Å². The quantitative estimate of drug-likeness (QED) is 0.895. The largest absolute Gasteiger partial charge is 0.324 e. The van der Waals surface area contributed by atoms with E-state index in [4.69, 9.17) is 0 Å². The van der Waals surface area contributed by atoms with E-state index in [2.05, 4.69) is 10.3 Å². The highest BCUT2D eigenvalue weighted by molar-refractivity contribution is 5.96. The van der Waals surface area contributed by atoms with E-state index in [1.165, 1.54) is 18.7 Å². The normalized spacial score (nSPS) is 17.6. The molecule has 21 heavy (non-hydrogen) atoms. The number of pyridine rings is 1. The number of rotatable bonds is 2. The van der Waals surface area contributed by atoms with Gasteiger partial charge in [0.25, 0.3) is 0 Å². The van der Waals surface area contributed by atoms with Crippen LogP contribution in [0.3, 0.4) is 0 Å². The molecule has 1 aliphatic carbocycles. The molecule has 1 aromatic carbocycles. The van der Waals surface area contributed by atoms with Crippen molar-refractivity contribution in [3.63, 3.8) is 0 Å². The van der Waals surface area contributed by atoms with Crippen LogP contribution in [0.5, 0.6) is 0 Å². The van der Waals surface area contributed by atoms with Crippen LogP contribution in [0.1, 0.15) is 39.0 Å². The molecule has 1 aromatic heterocycles. The summed E-state index contributed by atoms with van der Waals surface area (Å²) in [6.45, 7) is 2.02. The molecule has 110 valence electrons. The molecule has 1 aliphatic rings. The average molecular weight is 286 g/mol. The zero-order valence-electron chi connectivity index (χ0n) is 12.2. The smallest absolute Gasteiger partial charge is 0.230 e. The molecule has 3 rings (SSSR count). The summed E-state index contributed by atoms with van der Waals surface area (Å²) in [5, 5.41) is 3.64. The first-order valence-electron chi connectivity index (χ1n) is 7.44. The van der Waals surface area contributed by atoms with Gasteiger partial charge in [-0.3, -0.25) is 9.78 Å². The Morgan fingerprint density at radius 2 is 2.05 bits per heavy atom. The number of hydrogen-bond donors (Lipinski definition) is 1. The third-order valence-corrected chi connectivity index (χ3v) is 4.42. The van der Waals surface area contributed by atoms with Gasteiger partial charge in [-0.05, 0) is 25.0 Å². The predicted molar refractivity (Wildman–Crippen MR) is 81.5 cm³/mol. The molecule has 0 aliphatic heterocycles. The molecule has 1 fully saturated rings. The van der Waals surface area contributed by atoms with Crippen molar-refractivity contribution in [2.75, 3.05) is 5.32 Å². The SMILES string of the molecule is CC1(C(=O)Nc2cnc3c(F)cccc3c2)CCCCC1. The zero-order chi connectivity index (χ0) is 14.9. The number of anilines is 1. The first-order valence-corrected chi connectivity index (χ1v) is 7.44. The number of para-hydroxylation sites is 1. The van der Waals surface area contributed by atoms with Gasteiger partial charge in [-0.15, -0.1) is 0 Å². The highest BCUT2D eigenvalue weighted by atomic mass is 19.1. The molecule has 0 unspecified atom stereocenters. The highest BCUT2D eigenvalue weighted by Crippen LogP contribution is 2.36. The Balaban J connectivity index is 1.83. The van der Waals surface area contributed by atoms with Gasteiger partial charge in [0.05, 0.1) is 11.9 Å². The lowest BCUT2D eigenvalue weighted by molar-refractivity contribution is -0.126. The lowest BCUT2D eigenvalue weighted by atomic mass is 9.75. The van der Waals surface area contributed by atoms with E-state index in [0.717, 1.165) is 25.7 Å². The fourth-order valence-electron chi connectivity index (χ4n) is 3.03. The van der Waals surface area contributed by atoms with E-state index >= 15 is 0 Å². The van der Waals surface area contributed by atoms with Crippen LogP contribution in [0, 0.1) is 11.2 Å². The first kappa shape index (κ1) is 14.0. The molecular weight excluding hydrogens is 267 g/mol. The van der Waals surface area contributed by atoms with Gasteiger partial charge in [-0.2, -0.15) is 0 Å². The Labute approximate surface area is 123 Å². The number of nitrogens with zero attached hydrogens (tertiary/aromatic N) is 1. The molecule has 3 nitrogen and oxygen atoms in total. The van der Waals surface area contributed by atoms with Crippen LogP contribution in [0.2, 0.25) is 0 Å².